The molecule has 5 heteroatoms. The van der Waals surface area contributed by atoms with Crippen LogP contribution in [0.5, 0.6) is 0 Å². The van der Waals surface area contributed by atoms with Crippen LogP contribution in [0.4, 0.5) is 15.2 Å². The summed E-state index contributed by atoms with van der Waals surface area (Å²) >= 11 is 1.50. The number of benzene rings is 1. The van der Waals surface area contributed by atoms with Gasteiger partial charge < -0.3 is 10.6 Å². The third-order valence-corrected chi connectivity index (χ3v) is 4.17. The number of nitrogens with two attached hydrogens (primary N) is 1. The normalized spacial score (nSPS) is 12.5. The molecule has 1 heterocycles. The van der Waals surface area contributed by atoms with Crippen LogP contribution in [0.1, 0.15) is 23.5 Å². The summed E-state index contributed by atoms with van der Waals surface area (Å²) < 4.78 is 13.7. The molecule has 3 nitrogen and oxygen atoms in total. The Bertz CT molecular complexity index is 551. The fourth-order valence-corrected chi connectivity index (χ4v) is 2.78. The van der Waals surface area contributed by atoms with Crippen molar-refractivity contribution in [2.75, 3.05) is 11.9 Å². The molecule has 0 bridgehead atoms. The van der Waals surface area contributed by atoms with Gasteiger partial charge in [0.05, 0.1) is 11.4 Å². The summed E-state index contributed by atoms with van der Waals surface area (Å²) in [6, 6.07) is 6.61. The molecule has 18 heavy (non-hydrogen) atoms. The molecular weight excluding hydrogens is 249 g/mol. The molecule has 0 amide bonds. The molecule has 2 rings (SSSR count). The first-order valence-corrected chi connectivity index (χ1v) is 6.53. The third kappa shape index (κ3) is 2.37. The van der Waals surface area contributed by atoms with E-state index in [2.05, 4.69) is 4.98 Å². The van der Waals surface area contributed by atoms with E-state index in [4.69, 9.17) is 5.73 Å². The highest BCUT2D eigenvalue weighted by molar-refractivity contribution is 7.15. The largest absolute Gasteiger partial charge is 0.323 e. The standard InChI is InChI=1S/C13H16FN3S/c1-8(15)12-9(2)16-13(18-12)17(3)11-7-5-4-6-10(11)14/h4-8H,15H2,1-3H3. The monoisotopic (exact) mass is 265 g/mol. The Hall–Kier alpha value is -1.46. The topological polar surface area (TPSA) is 42.2 Å². The highest BCUT2D eigenvalue weighted by Crippen LogP contribution is 2.33. The molecule has 0 aliphatic carbocycles. The highest BCUT2D eigenvalue weighted by atomic mass is 32.1. The van der Waals surface area contributed by atoms with Crippen LogP contribution in [0.2, 0.25) is 0 Å². The average Bonchev–Trinajstić information content (AvgIpc) is 2.71. The molecule has 0 spiro atoms. The lowest BCUT2D eigenvalue weighted by Gasteiger charge is -2.16. The summed E-state index contributed by atoms with van der Waals surface area (Å²) in [4.78, 5) is 7.23. The van der Waals surface area contributed by atoms with E-state index in [0.717, 1.165) is 15.7 Å². The van der Waals surface area contributed by atoms with Gasteiger partial charge in [0.2, 0.25) is 0 Å². The Labute approximate surface area is 110 Å². The molecular formula is C13H16FN3S. The van der Waals surface area contributed by atoms with E-state index in [-0.39, 0.29) is 11.9 Å². The fourth-order valence-electron chi connectivity index (χ4n) is 1.79. The first-order chi connectivity index (χ1) is 8.50. The van der Waals surface area contributed by atoms with Crippen molar-refractivity contribution in [1.82, 2.24) is 4.98 Å². The first kappa shape index (κ1) is 13.0. The molecule has 1 unspecified atom stereocenters. The number of halogens is 1. The second-order valence-electron chi connectivity index (χ2n) is 4.25. The van der Waals surface area contributed by atoms with Crippen LogP contribution in [0.3, 0.4) is 0 Å². The zero-order chi connectivity index (χ0) is 13.3. The lowest BCUT2D eigenvalue weighted by Crippen LogP contribution is -2.10. The van der Waals surface area contributed by atoms with Crippen molar-refractivity contribution in [1.29, 1.82) is 0 Å². The van der Waals surface area contributed by atoms with Crippen LogP contribution in [0.15, 0.2) is 24.3 Å². The Balaban J connectivity index is 2.38. The maximum Gasteiger partial charge on any atom is 0.190 e. The molecule has 0 saturated heterocycles. The van der Waals surface area contributed by atoms with Gasteiger partial charge >= 0.3 is 0 Å². The van der Waals surface area contributed by atoms with Crippen molar-refractivity contribution < 1.29 is 4.39 Å². The minimum atomic E-state index is -0.254. The Morgan fingerprint density at radius 3 is 2.61 bits per heavy atom. The molecule has 0 aliphatic rings. The van der Waals surface area contributed by atoms with Crippen LogP contribution in [-0.4, -0.2) is 12.0 Å². The minimum Gasteiger partial charge on any atom is -0.323 e. The smallest absolute Gasteiger partial charge is 0.190 e. The quantitative estimate of drug-likeness (QED) is 0.925. The summed E-state index contributed by atoms with van der Waals surface area (Å²) in [7, 11) is 1.81. The molecule has 0 fully saturated rings. The van der Waals surface area contributed by atoms with E-state index in [1.165, 1.54) is 17.4 Å². The summed E-state index contributed by atoms with van der Waals surface area (Å²) in [5.41, 5.74) is 7.30. The van der Waals surface area contributed by atoms with E-state index in [0.29, 0.717) is 5.69 Å². The average molecular weight is 265 g/mol. The second-order valence-corrected chi connectivity index (χ2v) is 5.25. The molecule has 0 radical (unpaired) electrons. The van der Waals surface area contributed by atoms with E-state index in [9.17, 15) is 4.39 Å². The molecule has 1 aromatic carbocycles. The van der Waals surface area contributed by atoms with E-state index < -0.39 is 0 Å². The van der Waals surface area contributed by atoms with Crippen LogP contribution < -0.4 is 10.6 Å². The number of aromatic nitrogens is 1. The summed E-state index contributed by atoms with van der Waals surface area (Å²) in [5, 5.41) is 0.755. The molecule has 0 aliphatic heterocycles. The number of aryl methyl sites for hydroxylation is 1. The lowest BCUT2D eigenvalue weighted by atomic mass is 10.2. The van der Waals surface area contributed by atoms with Crippen LogP contribution in [-0.2, 0) is 0 Å². The van der Waals surface area contributed by atoms with Crippen molar-refractivity contribution in [3.63, 3.8) is 0 Å². The van der Waals surface area contributed by atoms with Gasteiger partial charge in [0.15, 0.2) is 5.13 Å². The van der Waals surface area contributed by atoms with E-state index >= 15 is 0 Å². The Morgan fingerprint density at radius 1 is 1.39 bits per heavy atom. The van der Waals surface area contributed by atoms with Gasteiger partial charge in [-0.25, -0.2) is 9.37 Å². The SMILES string of the molecule is Cc1nc(N(C)c2ccccc2F)sc1C(C)N. The van der Waals surface area contributed by atoms with Crippen molar-refractivity contribution in [2.45, 2.75) is 19.9 Å². The summed E-state index contributed by atoms with van der Waals surface area (Å²) in [6.07, 6.45) is 0. The third-order valence-electron chi connectivity index (χ3n) is 2.74. The minimum absolute atomic E-state index is 0.0507. The van der Waals surface area contributed by atoms with Gasteiger partial charge in [0.1, 0.15) is 5.82 Å². The van der Waals surface area contributed by atoms with Gasteiger partial charge in [0, 0.05) is 18.0 Å². The van der Waals surface area contributed by atoms with E-state index in [1.807, 2.05) is 27.0 Å². The molecule has 0 saturated carbocycles. The highest BCUT2D eigenvalue weighted by Gasteiger charge is 2.16. The summed E-state index contributed by atoms with van der Waals surface area (Å²) in [5.74, 6) is -0.254. The maximum atomic E-state index is 13.7. The van der Waals surface area contributed by atoms with E-state index in [1.54, 1.807) is 17.0 Å². The van der Waals surface area contributed by atoms with Crippen molar-refractivity contribution in [3.8, 4) is 0 Å². The van der Waals surface area contributed by atoms with Gasteiger partial charge in [-0.15, -0.1) is 0 Å². The van der Waals surface area contributed by atoms with Crippen molar-refractivity contribution >= 4 is 22.2 Å². The predicted molar refractivity (Wildman–Crippen MR) is 73.9 cm³/mol. The Morgan fingerprint density at radius 2 is 2.06 bits per heavy atom. The summed E-state index contributed by atoms with van der Waals surface area (Å²) in [6.45, 7) is 3.85. The zero-order valence-corrected chi connectivity index (χ0v) is 11.5. The predicted octanol–water partition coefficient (Wildman–Crippen LogP) is 3.38. The van der Waals surface area contributed by atoms with Gasteiger partial charge in [-0.2, -0.15) is 0 Å². The maximum absolute atomic E-state index is 13.7. The number of hydrogen-bond acceptors (Lipinski definition) is 4. The number of nitrogens with zero attached hydrogens (tertiary/aromatic N) is 2. The van der Waals surface area contributed by atoms with Crippen molar-refractivity contribution in [3.05, 3.63) is 40.7 Å². The number of rotatable bonds is 3. The molecule has 1 aromatic heterocycles. The molecule has 2 aromatic rings. The van der Waals surface area contributed by atoms with Gasteiger partial charge in [0.25, 0.3) is 0 Å². The van der Waals surface area contributed by atoms with Crippen LogP contribution in [0.25, 0.3) is 0 Å². The fraction of sp³-hybridized carbons (Fsp3) is 0.308. The molecule has 96 valence electrons. The number of hydrogen-bond donors (Lipinski definition) is 1. The van der Waals surface area contributed by atoms with Gasteiger partial charge in [-0.3, -0.25) is 0 Å². The lowest BCUT2D eigenvalue weighted by molar-refractivity contribution is 0.627. The van der Waals surface area contributed by atoms with Crippen molar-refractivity contribution in [2.24, 2.45) is 5.73 Å². The van der Waals surface area contributed by atoms with Gasteiger partial charge in [-0.05, 0) is 26.0 Å². The second kappa shape index (κ2) is 5.04. The number of thiazole rings is 1. The molecule has 1 atom stereocenters. The first-order valence-electron chi connectivity index (χ1n) is 5.72. The Kier molecular flexibility index (Phi) is 3.63. The number of para-hydroxylation sites is 1. The van der Waals surface area contributed by atoms with Crippen LogP contribution in [0, 0.1) is 12.7 Å². The van der Waals surface area contributed by atoms with Gasteiger partial charge in [-0.1, -0.05) is 23.5 Å². The molecule has 2 N–H and O–H groups in total. The zero-order valence-electron chi connectivity index (χ0n) is 10.6. The number of anilines is 2. The van der Waals surface area contributed by atoms with Crippen LogP contribution >= 0.6 is 11.3 Å².